The predicted octanol–water partition coefficient (Wildman–Crippen LogP) is 2.56. The summed E-state index contributed by atoms with van der Waals surface area (Å²) in [6, 6.07) is 6.80. The van der Waals surface area contributed by atoms with Crippen molar-refractivity contribution in [1.29, 1.82) is 0 Å². The van der Waals surface area contributed by atoms with E-state index in [1.807, 2.05) is 4.68 Å². The van der Waals surface area contributed by atoms with Crippen LogP contribution in [0.3, 0.4) is 0 Å². The Morgan fingerprint density at radius 1 is 1.42 bits per heavy atom. The third-order valence-corrected chi connectivity index (χ3v) is 4.77. The first-order valence-electron chi connectivity index (χ1n) is 8.88. The van der Waals surface area contributed by atoms with Crippen LogP contribution >= 0.6 is 0 Å². The maximum absolute atomic E-state index is 13.0. The summed E-state index contributed by atoms with van der Waals surface area (Å²) in [7, 11) is 3.49. The van der Waals surface area contributed by atoms with Crippen molar-refractivity contribution in [1.82, 2.24) is 20.0 Å². The molecule has 0 unspecified atom stereocenters. The van der Waals surface area contributed by atoms with Gasteiger partial charge in [-0.05, 0) is 37.0 Å². The predicted molar refractivity (Wildman–Crippen MR) is 99.5 cm³/mol. The molecule has 5 nitrogen and oxygen atoms in total. The van der Waals surface area contributed by atoms with E-state index in [9.17, 15) is 9.18 Å². The van der Waals surface area contributed by atoms with Crippen molar-refractivity contribution in [2.24, 2.45) is 0 Å². The summed E-state index contributed by atoms with van der Waals surface area (Å²) in [6.07, 6.45) is 4.42. The van der Waals surface area contributed by atoms with Crippen LogP contribution in [0.15, 0.2) is 36.9 Å². The highest BCUT2D eigenvalue weighted by Gasteiger charge is 2.29. The maximum Gasteiger partial charge on any atom is 0.274 e. The Bertz CT molecular complexity index is 795. The Hall–Kier alpha value is -2.47. The van der Waals surface area contributed by atoms with E-state index < -0.39 is 0 Å². The fourth-order valence-electron chi connectivity index (χ4n) is 3.38. The van der Waals surface area contributed by atoms with Crippen LogP contribution in [0.2, 0.25) is 0 Å². The lowest BCUT2D eigenvalue weighted by Crippen LogP contribution is -2.35. The van der Waals surface area contributed by atoms with Crippen LogP contribution in [0.1, 0.15) is 33.7 Å². The number of rotatable bonds is 6. The van der Waals surface area contributed by atoms with Crippen LogP contribution in [-0.2, 0) is 25.9 Å². The van der Waals surface area contributed by atoms with Gasteiger partial charge < -0.3 is 10.2 Å². The van der Waals surface area contributed by atoms with E-state index in [1.165, 1.54) is 12.1 Å². The van der Waals surface area contributed by atoms with Crippen LogP contribution in [0, 0.1) is 5.82 Å². The van der Waals surface area contributed by atoms with E-state index >= 15 is 0 Å². The summed E-state index contributed by atoms with van der Waals surface area (Å²) in [5, 5.41) is 8.08. The molecule has 1 heterocycles. The van der Waals surface area contributed by atoms with Crippen molar-refractivity contribution in [2.75, 3.05) is 14.1 Å². The molecule has 0 saturated heterocycles. The molecule has 1 aliphatic carbocycles. The highest BCUT2D eigenvalue weighted by molar-refractivity contribution is 5.93. The largest absolute Gasteiger partial charge is 0.343 e. The number of hydrogen-bond acceptors (Lipinski definition) is 3. The van der Waals surface area contributed by atoms with E-state index in [4.69, 9.17) is 0 Å². The molecule has 0 aliphatic heterocycles. The topological polar surface area (TPSA) is 50.2 Å². The number of hydrogen-bond donors (Lipinski definition) is 1. The van der Waals surface area contributed by atoms with Crippen LogP contribution < -0.4 is 5.32 Å². The second-order valence-electron chi connectivity index (χ2n) is 6.89. The second kappa shape index (κ2) is 7.83. The number of benzene rings is 1. The zero-order valence-electron chi connectivity index (χ0n) is 15.3. The van der Waals surface area contributed by atoms with Gasteiger partial charge in [-0.3, -0.25) is 9.48 Å². The summed E-state index contributed by atoms with van der Waals surface area (Å²) >= 11 is 0. The van der Waals surface area contributed by atoms with Gasteiger partial charge in [-0.2, -0.15) is 5.10 Å². The molecule has 0 radical (unpaired) electrons. The van der Waals surface area contributed by atoms with Gasteiger partial charge in [-0.1, -0.05) is 18.2 Å². The van der Waals surface area contributed by atoms with Crippen molar-refractivity contribution >= 4 is 5.91 Å². The maximum atomic E-state index is 13.0. The molecule has 6 heteroatoms. The monoisotopic (exact) mass is 356 g/mol. The fourth-order valence-corrected chi connectivity index (χ4v) is 3.38. The molecule has 0 spiro atoms. The van der Waals surface area contributed by atoms with Crippen LogP contribution in [0.5, 0.6) is 0 Å². The van der Waals surface area contributed by atoms with E-state index in [2.05, 4.69) is 17.0 Å². The Morgan fingerprint density at radius 2 is 2.15 bits per heavy atom. The lowest BCUT2D eigenvalue weighted by atomic mass is 9.91. The number of aromatic nitrogens is 2. The number of nitrogens with one attached hydrogen (secondary N) is 1. The number of fused-ring (bicyclic) bond motifs is 1. The number of nitrogens with zero attached hydrogens (tertiary/aromatic N) is 3. The minimum absolute atomic E-state index is 0.0664. The molecule has 1 aromatic carbocycles. The molecule has 26 heavy (non-hydrogen) atoms. The number of amides is 1. The van der Waals surface area contributed by atoms with Crippen molar-refractivity contribution in [3.8, 4) is 0 Å². The van der Waals surface area contributed by atoms with Gasteiger partial charge in [0.15, 0.2) is 5.69 Å². The third kappa shape index (κ3) is 3.85. The number of carbonyl (C=O) groups is 1. The Balaban J connectivity index is 1.76. The molecule has 2 aromatic rings. The van der Waals surface area contributed by atoms with E-state index in [-0.39, 0.29) is 17.8 Å². The van der Waals surface area contributed by atoms with Gasteiger partial charge in [-0.15, -0.1) is 6.58 Å². The summed E-state index contributed by atoms with van der Waals surface area (Å²) in [4.78, 5) is 14.1. The molecule has 1 aliphatic rings. The van der Waals surface area contributed by atoms with Gasteiger partial charge >= 0.3 is 0 Å². The summed E-state index contributed by atoms with van der Waals surface area (Å²) < 4.78 is 14.9. The van der Waals surface area contributed by atoms with Gasteiger partial charge in [0, 0.05) is 37.9 Å². The number of allylic oxidation sites excluding steroid dienone is 1. The van der Waals surface area contributed by atoms with Gasteiger partial charge in [0.25, 0.3) is 5.91 Å². The third-order valence-electron chi connectivity index (χ3n) is 4.77. The van der Waals surface area contributed by atoms with Crippen LogP contribution in [0.4, 0.5) is 4.39 Å². The molecule has 3 rings (SSSR count). The van der Waals surface area contributed by atoms with Gasteiger partial charge in [0.2, 0.25) is 0 Å². The quantitative estimate of drug-likeness (QED) is 0.810. The van der Waals surface area contributed by atoms with E-state index in [1.54, 1.807) is 37.2 Å². The smallest absolute Gasteiger partial charge is 0.274 e. The molecule has 0 bridgehead atoms. The number of carbonyl (C=O) groups excluding carboxylic acids is 1. The lowest BCUT2D eigenvalue weighted by molar-refractivity contribution is 0.0820. The Morgan fingerprint density at radius 3 is 2.81 bits per heavy atom. The minimum Gasteiger partial charge on any atom is -0.343 e. The highest BCUT2D eigenvalue weighted by atomic mass is 19.1. The first-order chi connectivity index (χ1) is 12.5. The number of halogens is 1. The van der Waals surface area contributed by atoms with Gasteiger partial charge in [0.05, 0.1) is 6.54 Å². The molecule has 0 fully saturated rings. The van der Waals surface area contributed by atoms with Gasteiger partial charge in [0.1, 0.15) is 5.82 Å². The summed E-state index contributed by atoms with van der Waals surface area (Å²) in [6.45, 7) is 5.07. The first kappa shape index (κ1) is 18.3. The molecular formula is C20H25FN4O. The summed E-state index contributed by atoms with van der Waals surface area (Å²) in [5.41, 5.74) is 3.76. The average Bonchev–Trinajstić information content (AvgIpc) is 2.98. The zero-order chi connectivity index (χ0) is 18.7. The molecule has 1 atom stereocenters. The Kier molecular flexibility index (Phi) is 5.52. The molecule has 1 aromatic heterocycles. The normalized spacial score (nSPS) is 16.2. The molecule has 0 saturated carbocycles. The van der Waals surface area contributed by atoms with E-state index in [0.29, 0.717) is 18.8 Å². The molecule has 1 N–H and O–H groups in total. The van der Waals surface area contributed by atoms with Gasteiger partial charge in [-0.25, -0.2) is 4.39 Å². The van der Waals surface area contributed by atoms with E-state index in [0.717, 1.165) is 36.1 Å². The molecule has 1 amide bonds. The second-order valence-corrected chi connectivity index (χ2v) is 6.89. The minimum atomic E-state index is -0.225. The molecule has 138 valence electrons. The zero-order valence-corrected chi connectivity index (χ0v) is 15.3. The first-order valence-corrected chi connectivity index (χ1v) is 8.88. The van der Waals surface area contributed by atoms with Crippen molar-refractivity contribution < 1.29 is 9.18 Å². The van der Waals surface area contributed by atoms with Crippen molar-refractivity contribution in [3.05, 3.63) is 65.3 Å². The average molecular weight is 356 g/mol. The standard InChI is InChI=1S/C20H25FN4O/c1-4-11-25-18-10-9-16(22-13-14-5-7-15(21)8-6-14)12-17(18)19(23-25)20(26)24(2)3/h4-8,16,22H,1,9-13H2,2-3H3/t16-/m1/s1. The highest BCUT2D eigenvalue weighted by Crippen LogP contribution is 2.26. The SMILES string of the molecule is C=CCn1nc(C(=O)N(C)C)c2c1CC[C@@H](NCc1ccc(F)cc1)C2. The van der Waals surface area contributed by atoms with Crippen LogP contribution in [-0.4, -0.2) is 40.7 Å². The molecular weight excluding hydrogens is 331 g/mol. The Labute approximate surface area is 153 Å². The summed E-state index contributed by atoms with van der Waals surface area (Å²) in [5.74, 6) is -0.291. The fraction of sp³-hybridized carbons (Fsp3) is 0.400. The van der Waals surface area contributed by atoms with Crippen molar-refractivity contribution in [3.63, 3.8) is 0 Å². The van der Waals surface area contributed by atoms with Crippen molar-refractivity contribution in [2.45, 2.75) is 38.4 Å². The van der Waals surface area contributed by atoms with Crippen LogP contribution in [0.25, 0.3) is 0 Å². The lowest BCUT2D eigenvalue weighted by Gasteiger charge is -2.25.